The molecule has 0 saturated heterocycles. The molecule has 0 radical (unpaired) electrons. The number of thioether (sulfide) groups is 1. The molecule has 0 spiro atoms. The van der Waals surface area contributed by atoms with Crippen LogP contribution in [-0.4, -0.2) is 37.7 Å². The molecule has 2 N–H and O–H groups in total. The fourth-order valence-electron chi connectivity index (χ4n) is 1.93. The second kappa shape index (κ2) is 7.76. The zero-order valence-electron chi connectivity index (χ0n) is 12.9. The van der Waals surface area contributed by atoms with Crippen LogP contribution < -0.4 is 14.8 Å². The predicted octanol–water partition coefficient (Wildman–Crippen LogP) is 2.68. The third-order valence-electron chi connectivity index (χ3n) is 3.28. The fourth-order valence-corrected chi connectivity index (χ4v) is 2.55. The van der Waals surface area contributed by atoms with Crippen LogP contribution in [0.1, 0.15) is 25.8 Å². The Labute approximate surface area is 125 Å². The summed E-state index contributed by atoms with van der Waals surface area (Å²) in [6.45, 7) is 5.08. The van der Waals surface area contributed by atoms with E-state index in [0.29, 0.717) is 0 Å². The molecule has 0 aliphatic heterocycles. The van der Waals surface area contributed by atoms with Crippen LogP contribution >= 0.6 is 11.8 Å². The van der Waals surface area contributed by atoms with Crippen molar-refractivity contribution in [1.82, 2.24) is 5.32 Å². The zero-order valence-corrected chi connectivity index (χ0v) is 13.8. The fraction of sp³-hybridized carbons (Fsp3) is 0.600. The third-order valence-corrected chi connectivity index (χ3v) is 4.10. The first-order valence-electron chi connectivity index (χ1n) is 6.62. The molecule has 0 fully saturated rings. The van der Waals surface area contributed by atoms with E-state index in [9.17, 15) is 0 Å². The van der Waals surface area contributed by atoms with Gasteiger partial charge in [-0.2, -0.15) is 0 Å². The Morgan fingerprint density at radius 2 is 1.80 bits per heavy atom. The van der Waals surface area contributed by atoms with Gasteiger partial charge in [-0.15, -0.1) is 11.8 Å². The summed E-state index contributed by atoms with van der Waals surface area (Å²) in [6, 6.07) is 4.01. The molecule has 0 heterocycles. The summed E-state index contributed by atoms with van der Waals surface area (Å²) < 4.78 is 10.7. The molecule has 5 heteroatoms. The van der Waals surface area contributed by atoms with Gasteiger partial charge in [0, 0.05) is 23.6 Å². The normalized spacial score (nSPS) is 11.5. The van der Waals surface area contributed by atoms with Crippen molar-refractivity contribution in [3.63, 3.8) is 0 Å². The number of ether oxygens (including phenoxy) is 2. The average Bonchev–Trinajstić information content (AvgIpc) is 2.44. The van der Waals surface area contributed by atoms with Crippen LogP contribution in [0.4, 0.5) is 0 Å². The number of hydrogen-bond acceptors (Lipinski definition) is 5. The zero-order chi connectivity index (χ0) is 15.2. The summed E-state index contributed by atoms with van der Waals surface area (Å²) in [5.41, 5.74) is 1.07. The predicted molar refractivity (Wildman–Crippen MR) is 83.9 cm³/mol. The van der Waals surface area contributed by atoms with Gasteiger partial charge in [-0.25, -0.2) is 0 Å². The van der Waals surface area contributed by atoms with Crippen LogP contribution in [0.25, 0.3) is 0 Å². The molecule has 1 aromatic carbocycles. The first kappa shape index (κ1) is 17.1. The lowest BCUT2D eigenvalue weighted by Crippen LogP contribution is -2.39. The van der Waals surface area contributed by atoms with E-state index in [2.05, 4.69) is 19.2 Å². The van der Waals surface area contributed by atoms with Crippen molar-refractivity contribution in [2.24, 2.45) is 0 Å². The highest BCUT2D eigenvalue weighted by Gasteiger charge is 2.18. The molecule has 0 aliphatic rings. The standard InChI is InChI=1S/C15H25NO3S/c1-15(2,6-7-17)16-10-11-8-12(18-3)13(19-4)9-14(11)20-5/h8-9,16-17H,6-7,10H2,1-5H3. The van der Waals surface area contributed by atoms with Gasteiger partial charge in [-0.05, 0) is 44.2 Å². The molecule has 1 aromatic rings. The summed E-state index contributed by atoms with van der Waals surface area (Å²) in [4.78, 5) is 1.16. The number of benzene rings is 1. The highest BCUT2D eigenvalue weighted by molar-refractivity contribution is 7.98. The topological polar surface area (TPSA) is 50.7 Å². The monoisotopic (exact) mass is 299 g/mol. The molecular formula is C15H25NO3S. The van der Waals surface area contributed by atoms with Crippen LogP contribution in [0, 0.1) is 0 Å². The Bertz CT molecular complexity index is 435. The molecule has 4 nitrogen and oxygen atoms in total. The van der Waals surface area contributed by atoms with E-state index in [1.165, 1.54) is 5.56 Å². The van der Waals surface area contributed by atoms with Crippen molar-refractivity contribution >= 4 is 11.8 Å². The summed E-state index contributed by atoms with van der Waals surface area (Å²) in [5.74, 6) is 1.48. The molecule has 0 saturated carbocycles. The minimum Gasteiger partial charge on any atom is -0.493 e. The van der Waals surface area contributed by atoms with Crippen molar-refractivity contribution in [2.75, 3.05) is 27.1 Å². The van der Waals surface area contributed by atoms with E-state index >= 15 is 0 Å². The van der Waals surface area contributed by atoms with Crippen LogP contribution in [-0.2, 0) is 6.54 Å². The lowest BCUT2D eigenvalue weighted by atomic mass is 10.0. The van der Waals surface area contributed by atoms with Crippen molar-refractivity contribution in [3.05, 3.63) is 17.7 Å². The smallest absolute Gasteiger partial charge is 0.161 e. The van der Waals surface area contributed by atoms with E-state index in [1.807, 2.05) is 18.4 Å². The molecule has 0 bridgehead atoms. The number of aliphatic hydroxyl groups excluding tert-OH is 1. The number of aliphatic hydroxyl groups is 1. The highest BCUT2D eigenvalue weighted by atomic mass is 32.2. The Kier molecular flexibility index (Phi) is 6.65. The van der Waals surface area contributed by atoms with Gasteiger partial charge in [0.15, 0.2) is 11.5 Å². The SMILES string of the molecule is COc1cc(CNC(C)(C)CCO)c(SC)cc1OC. The van der Waals surface area contributed by atoms with Gasteiger partial charge >= 0.3 is 0 Å². The van der Waals surface area contributed by atoms with E-state index < -0.39 is 0 Å². The molecule has 0 aromatic heterocycles. The quantitative estimate of drug-likeness (QED) is 0.723. The molecule has 0 aliphatic carbocycles. The van der Waals surface area contributed by atoms with Gasteiger partial charge in [-0.3, -0.25) is 0 Å². The average molecular weight is 299 g/mol. The summed E-state index contributed by atoms with van der Waals surface area (Å²) >= 11 is 1.68. The number of hydrogen-bond donors (Lipinski definition) is 2. The van der Waals surface area contributed by atoms with E-state index in [-0.39, 0.29) is 12.1 Å². The lowest BCUT2D eigenvalue weighted by molar-refractivity contribution is 0.229. The minimum absolute atomic E-state index is 0.0996. The third kappa shape index (κ3) is 4.58. The lowest BCUT2D eigenvalue weighted by Gasteiger charge is -2.26. The number of nitrogens with one attached hydrogen (secondary N) is 1. The van der Waals surface area contributed by atoms with Gasteiger partial charge in [0.1, 0.15) is 0 Å². The largest absolute Gasteiger partial charge is 0.493 e. The molecule has 20 heavy (non-hydrogen) atoms. The van der Waals surface area contributed by atoms with Crippen molar-refractivity contribution in [2.45, 2.75) is 37.2 Å². The van der Waals surface area contributed by atoms with E-state index in [0.717, 1.165) is 29.4 Å². The summed E-state index contributed by atoms with van der Waals surface area (Å²) in [5, 5.41) is 12.5. The van der Waals surface area contributed by atoms with Crippen LogP contribution in [0.2, 0.25) is 0 Å². The van der Waals surface area contributed by atoms with Crippen molar-refractivity contribution in [1.29, 1.82) is 0 Å². The Morgan fingerprint density at radius 3 is 2.30 bits per heavy atom. The van der Waals surface area contributed by atoms with Gasteiger partial charge in [-0.1, -0.05) is 0 Å². The summed E-state index contributed by atoms with van der Waals surface area (Å²) in [6.07, 6.45) is 2.76. The Hall–Kier alpha value is -0.910. The van der Waals surface area contributed by atoms with Crippen molar-refractivity contribution < 1.29 is 14.6 Å². The number of methoxy groups -OCH3 is 2. The Morgan fingerprint density at radius 1 is 1.20 bits per heavy atom. The van der Waals surface area contributed by atoms with Crippen LogP contribution in [0.15, 0.2) is 17.0 Å². The molecule has 114 valence electrons. The van der Waals surface area contributed by atoms with Gasteiger partial charge < -0.3 is 19.9 Å². The van der Waals surface area contributed by atoms with Gasteiger partial charge in [0.2, 0.25) is 0 Å². The number of rotatable bonds is 8. The maximum atomic E-state index is 9.07. The first-order valence-corrected chi connectivity index (χ1v) is 7.84. The van der Waals surface area contributed by atoms with E-state index in [4.69, 9.17) is 14.6 Å². The second-order valence-corrected chi connectivity index (χ2v) is 6.08. The maximum Gasteiger partial charge on any atom is 0.161 e. The molecule has 0 atom stereocenters. The maximum absolute atomic E-state index is 9.07. The van der Waals surface area contributed by atoms with Gasteiger partial charge in [0.05, 0.1) is 14.2 Å². The Balaban J connectivity index is 2.93. The van der Waals surface area contributed by atoms with Crippen LogP contribution in [0.3, 0.4) is 0 Å². The van der Waals surface area contributed by atoms with Gasteiger partial charge in [0.25, 0.3) is 0 Å². The molecule has 1 rings (SSSR count). The second-order valence-electron chi connectivity index (χ2n) is 5.23. The highest BCUT2D eigenvalue weighted by Crippen LogP contribution is 2.34. The summed E-state index contributed by atoms with van der Waals surface area (Å²) in [7, 11) is 3.29. The van der Waals surface area contributed by atoms with Crippen LogP contribution in [0.5, 0.6) is 11.5 Å². The minimum atomic E-state index is -0.0996. The van der Waals surface area contributed by atoms with Crippen molar-refractivity contribution in [3.8, 4) is 11.5 Å². The molecule has 0 amide bonds. The molecular weight excluding hydrogens is 274 g/mol. The molecule has 0 unspecified atom stereocenters. The first-order chi connectivity index (χ1) is 9.47. The van der Waals surface area contributed by atoms with E-state index in [1.54, 1.807) is 26.0 Å².